The Balaban J connectivity index is 1.95. The van der Waals surface area contributed by atoms with Gasteiger partial charge in [0.25, 0.3) is 0 Å². The fraction of sp³-hybridized carbons (Fsp3) is 0.200. The van der Waals surface area contributed by atoms with Crippen LogP contribution >= 0.6 is 0 Å². The quantitative estimate of drug-likeness (QED) is 0.743. The fourth-order valence-corrected chi connectivity index (χ4v) is 1.25. The van der Waals surface area contributed by atoms with E-state index in [0.717, 1.165) is 12.1 Å². The van der Waals surface area contributed by atoms with Crippen molar-refractivity contribution >= 4 is 17.7 Å². The van der Waals surface area contributed by atoms with Gasteiger partial charge in [0.2, 0.25) is 0 Å². The number of alkyl halides is 5. The highest BCUT2D eigenvalue weighted by Gasteiger charge is 2.61. The summed E-state index contributed by atoms with van der Waals surface area (Å²) in [5, 5.41) is 13.7. The Morgan fingerprint density at radius 2 is 1.78 bits per heavy atom. The number of hydrogen-bond acceptors (Lipinski definition) is 5. The second kappa shape index (κ2) is 6.02. The molecule has 124 valence electrons. The molecule has 0 aliphatic heterocycles. The minimum absolute atomic E-state index is 0.104. The summed E-state index contributed by atoms with van der Waals surface area (Å²) in [5.41, 5.74) is 0. The first-order valence-electron chi connectivity index (χ1n) is 5.71. The molecule has 2 aromatic heterocycles. The third-order valence-electron chi connectivity index (χ3n) is 2.21. The fourth-order valence-electron chi connectivity index (χ4n) is 1.25. The van der Waals surface area contributed by atoms with Gasteiger partial charge in [0.05, 0.1) is 12.4 Å². The first kappa shape index (κ1) is 16.4. The summed E-state index contributed by atoms with van der Waals surface area (Å²) in [7, 11) is 0. The zero-order valence-corrected chi connectivity index (χ0v) is 10.9. The van der Waals surface area contributed by atoms with Gasteiger partial charge < -0.3 is 4.74 Å². The van der Waals surface area contributed by atoms with Crippen LogP contribution in [-0.4, -0.2) is 38.7 Å². The molecule has 0 radical (unpaired) electrons. The summed E-state index contributed by atoms with van der Waals surface area (Å²) in [4.78, 5) is 15.0. The molecule has 0 aliphatic rings. The van der Waals surface area contributed by atoms with Gasteiger partial charge in [0.15, 0.2) is 5.82 Å². The van der Waals surface area contributed by atoms with Crippen molar-refractivity contribution in [2.45, 2.75) is 12.3 Å². The Labute approximate surface area is 124 Å². The van der Waals surface area contributed by atoms with E-state index in [4.69, 9.17) is 0 Å². The number of aromatic nitrogens is 4. The molecule has 0 aromatic carbocycles. The number of H-pyrrole nitrogens is 1. The number of amides is 2. The van der Waals surface area contributed by atoms with E-state index in [1.54, 1.807) is 0 Å². The number of anilines is 2. The maximum Gasteiger partial charge on any atom is 0.499 e. The number of halogens is 5. The average molecular weight is 338 g/mol. The maximum absolute atomic E-state index is 12.7. The molecule has 2 amide bonds. The topological polar surface area (TPSA) is 105 Å². The smallest absolute Gasteiger partial charge is 0.424 e. The second-order valence-corrected chi connectivity index (χ2v) is 3.93. The number of pyridine rings is 1. The van der Waals surface area contributed by atoms with Crippen LogP contribution in [0.25, 0.3) is 0 Å². The van der Waals surface area contributed by atoms with Gasteiger partial charge in [0.1, 0.15) is 11.6 Å². The van der Waals surface area contributed by atoms with E-state index in [0.29, 0.717) is 6.20 Å². The van der Waals surface area contributed by atoms with Gasteiger partial charge in [-0.2, -0.15) is 32.3 Å². The van der Waals surface area contributed by atoms with Gasteiger partial charge >= 0.3 is 18.3 Å². The number of carbonyl (C=O) groups excluding carboxylic acids is 1. The van der Waals surface area contributed by atoms with Crippen LogP contribution in [0.3, 0.4) is 0 Å². The number of rotatable bonds is 4. The molecule has 3 N–H and O–H groups in total. The Kier molecular flexibility index (Phi) is 4.29. The standard InChI is InChI=1S/C10H7F5N6O2/c11-9(12,13)10(14,15)23-5-1-2-6(16-3-5)18-8(22)19-7-4-17-21-20-7/h1-4H,(H3,16,17,18,19,20,21,22). The lowest BCUT2D eigenvalue weighted by Crippen LogP contribution is -2.41. The van der Waals surface area contributed by atoms with Crippen molar-refractivity contribution in [3.8, 4) is 5.75 Å². The average Bonchev–Trinajstić information content (AvgIpc) is 2.92. The number of urea groups is 1. The lowest BCUT2D eigenvalue weighted by atomic mass is 10.4. The number of hydrogen-bond donors (Lipinski definition) is 3. The molecule has 0 bridgehead atoms. The summed E-state index contributed by atoms with van der Waals surface area (Å²) in [5.74, 6) is -0.837. The molecule has 2 aromatic rings. The Hall–Kier alpha value is -2.99. The van der Waals surface area contributed by atoms with Crippen molar-refractivity contribution in [1.29, 1.82) is 0 Å². The van der Waals surface area contributed by atoms with E-state index < -0.39 is 24.1 Å². The number of nitrogens with zero attached hydrogens (tertiary/aromatic N) is 3. The van der Waals surface area contributed by atoms with Crippen molar-refractivity contribution in [2.24, 2.45) is 0 Å². The third kappa shape index (κ3) is 4.24. The minimum Gasteiger partial charge on any atom is -0.424 e. The van der Waals surface area contributed by atoms with E-state index in [2.05, 4.69) is 35.8 Å². The molecule has 0 saturated heterocycles. The van der Waals surface area contributed by atoms with Crippen molar-refractivity contribution in [2.75, 3.05) is 10.6 Å². The highest BCUT2D eigenvalue weighted by Crippen LogP contribution is 2.37. The summed E-state index contributed by atoms with van der Waals surface area (Å²) in [6, 6.07) is 0.989. The van der Waals surface area contributed by atoms with Gasteiger partial charge in [-0.15, -0.1) is 5.10 Å². The molecule has 0 atom stereocenters. The van der Waals surface area contributed by atoms with Crippen LogP contribution in [0, 0.1) is 0 Å². The molecule has 2 heterocycles. The van der Waals surface area contributed by atoms with Crippen molar-refractivity contribution < 1.29 is 31.5 Å². The van der Waals surface area contributed by atoms with Gasteiger partial charge in [-0.05, 0) is 12.1 Å². The Bertz CT molecular complexity index is 657. The van der Waals surface area contributed by atoms with Gasteiger partial charge in [-0.25, -0.2) is 9.78 Å². The zero-order chi connectivity index (χ0) is 17.1. The lowest BCUT2D eigenvalue weighted by molar-refractivity contribution is -0.360. The molecule has 13 heteroatoms. The summed E-state index contributed by atoms with van der Waals surface area (Å²) < 4.78 is 64.8. The van der Waals surface area contributed by atoms with Crippen LogP contribution in [0.1, 0.15) is 0 Å². The van der Waals surface area contributed by atoms with Crippen molar-refractivity contribution in [3.05, 3.63) is 24.5 Å². The second-order valence-electron chi connectivity index (χ2n) is 3.93. The molecule has 0 aliphatic carbocycles. The van der Waals surface area contributed by atoms with Crippen LogP contribution in [-0.2, 0) is 0 Å². The molecule has 2 rings (SSSR count). The van der Waals surface area contributed by atoms with Gasteiger partial charge in [0, 0.05) is 0 Å². The van der Waals surface area contributed by atoms with E-state index in [-0.39, 0.29) is 11.6 Å². The molecular formula is C10H7F5N6O2. The number of carbonyl (C=O) groups is 1. The normalized spacial score (nSPS) is 11.9. The first-order valence-corrected chi connectivity index (χ1v) is 5.71. The predicted octanol–water partition coefficient (Wildman–Crippen LogP) is 2.38. The highest BCUT2D eigenvalue weighted by molar-refractivity contribution is 5.98. The monoisotopic (exact) mass is 338 g/mol. The van der Waals surface area contributed by atoms with Crippen LogP contribution < -0.4 is 15.4 Å². The van der Waals surface area contributed by atoms with Gasteiger partial charge in [-0.1, -0.05) is 0 Å². The molecule has 23 heavy (non-hydrogen) atoms. The Morgan fingerprint density at radius 3 is 2.30 bits per heavy atom. The number of aromatic amines is 1. The predicted molar refractivity (Wildman–Crippen MR) is 64.9 cm³/mol. The van der Waals surface area contributed by atoms with Gasteiger partial charge in [-0.3, -0.25) is 10.6 Å². The molecule has 0 fully saturated rings. The van der Waals surface area contributed by atoms with Crippen LogP contribution in [0.15, 0.2) is 24.5 Å². The minimum atomic E-state index is -5.86. The molecule has 8 nitrogen and oxygen atoms in total. The lowest BCUT2D eigenvalue weighted by Gasteiger charge is -2.19. The molecule has 0 saturated carbocycles. The van der Waals surface area contributed by atoms with Crippen LogP contribution in [0.2, 0.25) is 0 Å². The maximum atomic E-state index is 12.7. The number of nitrogens with one attached hydrogen (secondary N) is 3. The van der Waals surface area contributed by atoms with E-state index >= 15 is 0 Å². The molecule has 0 unspecified atom stereocenters. The van der Waals surface area contributed by atoms with E-state index in [1.807, 2.05) is 0 Å². The SMILES string of the molecule is O=C(Nc1ccc(OC(F)(F)C(F)(F)F)cn1)Nc1cn[nH]n1. The molecule has 0 spiro atoms. The van der Waals surface area contributed by atoms with E-state index in [9.17, 15) is 26.7 Å². The van der Waals surface area contributed by atoms with Crippen molar-refractivity contribution in [1.82, 2.24) is 20.4 Å². The van der Waals surface area contributed by atoms with Crippen molar-refractivity contribution in [3.63, 3.8) is 0 Å². The zero-order valence-electron chi connectivity index (χ0n) is 10.9. The Morgan fingerprint density at radius 1 is 1.09 bits per heavy atom. The summed E-state index contributed by atoms with van der Waals surface area (Å²) >= 11 is 0. The summed E-state index contributed by atoms with van der Waals surface area (Å²) in [6.07, 6.45) is -9.40. The number of ether oxygens (including phenoxy) is 1. The van der Waals surface area contributed by atoms with Crippen LogP contribution in [0.4, 0.5) is 38.4 Å². The molecular weight excluding hydrogens is 331 g/mol. The highest BCUT2D eigenvalue weighted by atomic mass is 19.4. The largest absolute Gasteiger partial charge is 0.499 e. The third-order valence-corrected chi connectivity index (χ3v) is 2.21. The van der Waals surface area contributed by atoms with E-state index in [1.165, 1.54) is 6.20 Å². The van der Waals surface area contributed by atoms with Crippen LogP contribution in [0.5, 0.6) is 5.75 Å². The first-order chi connectivity index (χ1) is 10.7. The summed E-state index contributed by atoms with van der Waals surface area (Å²) in [6.45, 7) is 0.